The summed E-state index contributed by atoms with van der Waals surface area (Å²) in [5.41, 5.74) is 3.53. The molecular weight excluding hydrogens is 526 g/mol. The molecule has 4 bridgehead atoms. The van der Waals surface area contributed by atoms with Crippen LogP contribution in [0.3, 0.4) is 0 Å². The van der Waals surface area contributed by atoms with Gasteiger partial charge in [0.2, 0.25) is 0 Å². The van der Waals surface area contributed by atoms with Crippen LogP contribution in [-0.2, 0) is 21.6 Å². The lowest BCUT2D eigenvalue weighted by molar-refractivity contribution is -0.122. The number of benzene rings is 3. The number of urea groups is 1. The first-order valence-corrected chi connectivity index (χ1v) is 14.6. The van der Waals surface area contributed by atoms with Crippen LogP contribution in [0.25, 0.3) is 6.08 Å². The maximum atomic E-state index is 13.6. The van der Waals surface area contributed by atoms with Gasteiger partial charge in [-0.3, -0.25) is 14.9 Å². The van der Waals surface area contributed by atoms with E-state index in [1.807, 2.05) is 24.3 Å². The third-order valence-corrected chi connectivity index (χ3v) is 9.62. The maximum absolute atomic E-state index is 13.6. The fourth-order valence-corrected chi connectivity index (χ4v) is 8.12. The summed E-state index contributed by atoms with van der Waals surface area (Å²) in [5.74, 6) is 1.46. The molecule has 5 aliphatic rings. The van der Waals surface area contributed by atoms with Crippen LogP contribution in [0.4, 0.5) is 10.5 Å². The van der Waals surface area contributed by atoms with Crippen molar-refractivity contribution in [2.45, 2.75) is 50.5 Å². The average Bonchev–Trinajstić information content (AvgIpc) is 2.98. The van der Waals surface area contributed by atoms with Crippen LogP contribution in [0, 0.1) is 29.1 Å². The highest BCUT2D eigenvalue weighted by molar-refractivity contribution is 6.39. The minimum atomic E-state index is -0.762. The van der Waals surface area contributed by atoms with Crippen LogP contribution in [0.1, 0.15) is 60.8 Å². The number of barbiturate groups is 1. The molecule has 0 aromatic heterocycles. The predicted molar refractivity (Wildman–Crippen MR) is 157 cm³/mol. The number of para-hydroxylation sites is 1. The van der Waals surface area contributed by atoms with Gasteiger partial charge in [0.15, 0.2) is 0 Å². The largest absolute Gasteiger partial charge is 0.488 e. The fourth-order valence-electron chi connectivity index (χ4n) is 8.12. The van der Waals surface area contributed by atoms with E-state index in [9.17, 15) is 19.6 Å². The van der Waals surface area contributed by atoms with E-state index in [1.54, 1.807) is 36.4 Å². The standard InChI is InChI=1S/C35H31N3O4/c36-20-26-6-1-2-7-27(26)21-42-31-8-4-3-5-25(31)16-30-32(39)37-34(41)38(33(30)40)29-11-9-28(10-12-29)35-17-22-13-23(18-35)15-24(14-22)19-35/h1-12,16,22-24H,13-15,17-19,21H2,(H,37,39,41)/b30-16+. The van der Waals surface area contributed by atoms with Gasteiger partial charge in [0.1, 0.15) is 17.9 Å². The van der Waals surface area contributed by atoms with Gasteiger partial charge < -0.3 is 4.74 Å². The van der Waals surface area contributed by atoms with E-state index in [-0.39, 0.29) is 17.6 Å². The molecule has 1 aliphatic heterocycles. The summed E-state index contributed by atoms with van der Waals surface area (Å²) in [5, 5.41) is 11.7. The molecule has 4 aliphatic carbocycles. The van der Waals surface area contributed by atoms with Crippen molar-refractivity contribution in [2.24, 2.45) is 17.8 Å². The van der Waals surface area contributed by atoms with Crippen molar-refractivity contribution in [3.8, 4) is 11.8 Å². The summed E-state index contributed by atoms with van der Waals surface area (Å²) in [6.07, 6.45) is 9.23. The zero-order valence-electron chi connectivity index (χ0n) is 23.2. The Bertz CT molecular complexity index is 1630. The van der Waals surface area contributed by atoms with Crippen LogP contribution in [0.15, 0.2) is 78.4 Å². The van der Waals surface area contributed by atoms with Crippen molar-refractivity contribution in [1.29, 1.82) is 5.26 Å². The molecule has 3 aromatic rings. The Labute approximate surface area is 244 Å². The van der Waals surface area contributed by atoms with Gasteiger partial charge in [-0.1, -0.05) is 48.5 Å². The number of imide groups is 2. The second-order valence-electron chi connectivity index (χ2n) is 12.3. The molecule has 4 saturated carbocycles. The number of carbonyl (C=O) groups excluding carboxylic acids is 3. The quantitative estimate of drug-likeness (QED) is 0.284. The zero-order valence-corrected chi connectivity index (χ0v) is 23.2. The molecule has 8 rings (SSSR count). The molecule has 7 heteroatoms. The third kappa shape index (κ3) is 4.57. The first-order chi connectivity index (χ1) is 20.4. The van der Waals surface area contributed by atoms with Gasteiger partial charge in [-0.05, 0) is 97.6 Å². The number of nitrogens with one attached hydrogen (secondary N) is 1. The van der Waals surface area contributed by atoms with Gasteiger partial charge in [-0.15, -0.1) is 0 Å². The topological polar surface area (TPSA) is 99.5 Å². The third-order valence-electron chi connectivity index (χ3n) is 9.62. The Morgan fingerprint density at radius 3 is 2.21 bits per heavy atom. The second-order valence-corrected chi connectivity index (χ2v) is 12.3. The molecule has 0 spiro atoms. The molecule has 0 radical (unpaired) electrons. The molecule has 42 heavy (non-hydrogen) atoms. The molecule has 1 heterocycles. The number of nitriles is 1. The van der Waals surface area contributed by atoms with E-state index in [4.69, 9.17) is 4.74 Å². The summed E-state index contributed by atoms with van der Waals surface area (Å²) in [7, 11) is 0. The van der Waals surface area contributed by atoms with E-state index in [2.05, 4.69) is 23.5 Å². The van der Waals surface area contributed by atoms with Crippen molar-refractivity contribution in [1.82, 2.24) is 5.32 Å². The lowest BCUT2D eigenvalue weighted by Gasteiger charge is -2.57. The van der Waals surface area contributed by atoms with Crippen LogP contribution in [0.5, 0.6) is 5.75 Å². The van der Waals surface area contributed by atoms with Crippen molar-refractivity contribution < 1.29 is 19.1 Å². The summed E-state index contributed by atoms with van der Waals surface area (Å²) in [6, 6.07) is 23.4. The smallest absolute Gasteiger partial charge is 0.335 e. The number of hydrogen-bond donors (Lipinski definition) is 1. The van der Waals surface area contributed by atoms with Gasteiger partial charge in [0.05, 0.1) is 17.3 Å². The molecule has 1 saturated heterocycles. The van der Waals surface area contributed by atoms with Crippen molar-refractivity contribution in [2.75, 3.05) is 4.90 Å². The van der Waals surface area contributed by atoms with Crippen molar-refractivity contribution in [3.05, 3.63) is 101 Å². The Morgan fingerprint density at radius 2 is 1.52 bits per heavy atom. The maximum Gasteiger partial charge on any atom is 0.335 e. The highest BCUT2D eigenvalue weighted by Crippen LogP contribution is 2.60. The predicted octanol–water partition coefficient (Wildman–Crippen LogP) is 6.27. The lowest BCUT2D eigenvalue weighted by atomic mass is 9.48. The Balaban J connectivity index is 1.14. The number of amides is 4. The SMILES string of the molecule is N#Cc1ccccc1COc1ccccc1/C=C1\C(=O)NC(=O)N(c2ccc(C34CC5CC(CC(C5)C3)C4)cc2)C1=O. The lowest BCUT2D eigenvalue weighted by Crippen LogP contribution is -2.54. The van der Waals surface area contributed by atoms with Crippen molar-refractivity contribution in [3.63, 3.8) is 0 Å². The first-order valence-electron chi connectivity index (χ1n) is 14.6. The molecule has 3 aromatic carbocycles. The van der Waals surface area contributed by atoms with Gasteiger partial charge in [0.25, 0.3) is 11.8 Å². The van der Waals surface area contributed by atoms with Gasteiger partial charge in [-0.2, -0.15) is 5.26 Å². The van der Waals surface area contributed by atoms with E-state index in [0.29, 0.717) is 22.6 Å². The highest BCUT2D eigenvalue weighted by Gasteiger charge is 2.51. The first kappa shape index (κ1) is 26.2. The normalized spacial score (nSPS) is 27.2. The minimum Gasteiger partial charge on any atom is -0.488 e. The van der Waals surface area contributed by atoms with Gasteiger partial charge in [-0.25, -0.2) is 9.69 Å². The Morgan fingerprint density at radius 1 is 0.881 bits per heavy atom. The molecule has 1 N–H and O–H groups in total. The van der Waals surface area contributed by atoms with Crippen LogP contribution < -0.4 is 15.0 Å². The number of anilines is 1. The summed E-state index contributed by atoms with van der Waals surface area (Å²) >= 11 is 0. The number of ether oxygens (including phenoxy) is 1. The highest BCUT2D eigenvalue weighted by atomic mass is 16.5. The molecule has 4 amide bonds. The number of hydrogen-bond acceptors (Lipinski definition) is 5. The van der Waals surface area contributed by atoms with Crippen LogP contribution in [0.2, 0.25) is 0 Å². The molecule has 210 valence electrons. The summed E-state index contributed by atoms with van der Waals surface area (Å²) in [6.45, 7) is 0.144. The Hall–Kier alpha value is -4.70. The molecular formula is C35H31N3O4. The average molecular weight is 558 g/mol. The molecule has 0 unspecified atom stereocenters. The van der Waals surface area contributed by atoms with E-state index < -0.39 is 17.8 Å². The number of carbonyl (C=O) groups is 3. The van der Waals surface area contributed by atoms with Crippen LogP contribution >= 0.6 is 0 Å². The van der Waals surface area contributed by atoms with Crippen molar-refractivity contribution >= 4 is 29.6 Å². The van der Waals surface area contributed by atoms with E-state index in [0.717, 1.165) is 28.2 Å². The molecule has 5 fully saturated rings. The second kappa shape index (κ2) is 10.3. The summed E-state index contributed by atoms with van der Waals surface area (Å²) in [4.78, 5) is 40.4. The minimum absolute atomic E-state index is 0.144. The van der Waals surface area contributed by atoms with E-state index in [1.165, 1.54) is 50.2 Å². The van der Waals surface area contributed by atoms with Crippen LogP contribution in [-0.4, -0.2) is 17.8 Å². The number of nitrogens with zero attached hydrogens (tertiary/aromatic N) is 2. The number of rotatable bonds is 6. The summed E-state index contributed by atoms with van der Waals surface area (Å²) < 4.78 is 6.00. The zero-order chi connectivity index (χ0) is 28.8. The van der Waals surface area contributed by atoms with Gasteiger partial charge in [0, 0.05) is 11.1 Å². The van der Waals surface area contributed by atoms with Gasteiger partial charge >= 0.3 is 6.03 Å². The molecule has 7 nitrogen and oxygen atoms in total. The fraction of sp³-hybridized carbons (Fsp3) is 0.314. The Kier molecular flexibility index (Phi) is 6.42. The van der Waals surface area contributed by atoms with E-state index >= 15 is 0 Å². The molecule has 0 atom stereocenters. The monoisotopic (exact) mass is 557 g/mol.